The smallest absolute Gasteiger partial charge is 0.241 e. The van der Waals surface area contributed by atoms with Gasteiger partial charge in [0, 0.05) is 17.6 Å². The van der Waals surface area contributed by atoms with Crippen LogP contribution in [0.25, 0.3) is 0 Å². The average Bonchev–Trinajstić information content (AvgIpc) is 2.59. The van der Waals surface area contributed by atoms with Crippen LogP contribution >= 0.6 is 0 Å². The van der Waals surface area contributed by atoms with Gasteiger partial charge in [-0.1, -0.05) is 13.8 Å². The molecule has 0 radical (unpaired) electrons. The molecule has 0 aliphatic carbocycles. The second-order valence-corrected chi connectivity index (χ2v) is 6.21. The van der Waals surface area contributed by atoms with E-state index in [2.05, 4.69) is 13.8 Å². The summed E-state index contributed by atoms with van der Waals surface area (Å²) < 4.78 is 5.29. The molecule has 0 fully saturated rings. The highest BCUT2D eigenvalue weighted by atomic mass is 16.5. The number of carbonyl (C=O) groups is 1. The molecule has 1 amide bonds. The van der Waals surface area contributed by atoms with Gasteiger partial charge in [-0.15, -0.1) is 0 Å². The Morgan fingerprint density at radius 1 is 1.45 bits per heavy atom. The van der Waals surface area contributed by atoms with E-state index in [0.29, 0.717) is 24.5 Å². The Hall–Kier alpha value is -1.75. The van der Waals surface area contributed by atoms with Crippen LogP contribution in [0.15, 0.2) is 12.1 Å². The third-order valence-corrected chi connectivity index (χ3v) is 3.67. The van der Waals surface area contributed by atoms with Crippen molar-refractivity contribution in [3.05, 3.63) is 17.7 Å². The average molecular weight is 277 g/mol. The van der Waals surface area contributed by atoms with Gasteiger partial charge in [0.2, 0.25) is 5.91 Å². The van der Waals surface area contributed by atoms with Crippen molar-refractivity contribution >= 4 is 17.3 Å². The number of benzene rings is 1. The van der Waals surface area contributed by atoms with Crippen LogP contribution in [0.4, 0.5) is 11.4 Å². The van der Waals surface area contributed by atoms with Crippen molar-refractivity contribution in [2.24, 2.45) is 0 Å². The fraction of sp³-hybridized carbons (Fsp3) is 0.533. The molecule has 0 spiro atoms. The summed E-state index contributed by atoms with van der Waals surface area (Å²) in [5.74, 6) is 0.755. The molecule has 0 saturated heterocycles. The Bertz CT molecular complexity index is 538. The highest BCUT2D eigenvalue weighted by molar-refractivity contribution is 5.98. The number of anilines is 2. The van der Waals surface area contributed by atoms with Gasteiger partial charge in [-0.05, 0) is 31.8 Å². The molecular formula is C15H23N3O2. The van der Waals surface area contributed by atoms with Crippen LogP contribution in [-0.4, -0.2) is 45.1 Å². The lowest BCUT2D eigenvalue weighted by Gasteiger charge is -2.22. The first-order valence-corrected chi connectivity index (χ1v) is 6.69. The lowest BCUT2D eigenvalue weighted by Crippen LogP contribution is -2.39. The molecule has 2 rings (SSSR count). The van der Waals surface area contributed by atoms with Crippen LogP contribution in [-0.2, 0) is 10.2 Å². The van der Waals surface area contributed by atoms with Crippen LogP contribution in [0.2, 0.25) is 0 Å². The standard InChI is InChI=1S/C15H23N3O2/c1-15(2)9-18(14(19)8-17(3)4)12-7-11(16)13(20-5)6-10(12)15/h6-7H,8-9,16H2,1-5H3. The number of nitrogens with two attached hydrogens (primary N) is 1. The summed E-state index contributed by atoms with van der Waals surface area (Å²) in [6, 6.07) is 3.80. The van der Waals surface area contributed by atoms with E-state index in [1.165, 1.54) is 0 Å². The molecule has 1 heterocycles. The molecule has 5 heteroatoms. The van der Waals surface area contributed by atoms with Gasteiger partial charge in [-0.3, -0.25) is 4.79 Å². The number of nitrogens with zero attached hydrogens (tertiary/aromatic N) is 2. The molecule has 110 valence electrons. The first kappa shape index (κ1) is 14.7. The van der Waals surface area contributed by atoms with Crippen molar-refractivity contribution in [2.45, 2.75) is 19.3 Å². The number of nitrogen functional groups attached to an aromatic ring is 1. The summed E-state index contributed by atoms with van der Waals surface area (Å²) in [4.78, 5) is 16.1. The van der Waals surface area contributed by atoms with Crippen LogP contribution < -0.4 is 15.4 Å². The number of methoxy groups -OCH3 is 1. The van der Waals surface area contributed by atoms with Crippen molar-refractivity contribution in [3.8, 4) is 5.75 Å². The summed E-state index contributed by atoms with van der Waals surface area (Å²) in [5, 5.41) is 0. The van der Waals surface area contributed by atoms with Gasteiger partial charge in [0.1, 0.15) is 5.75 Å². The third kappa shape index (κ3) is 2.45. The first-order chi connectivity index (χ1) is 9.26. The number of ether oxygens (including phenoxy) is 1. The van der Waals surface area contributed by atoms with E-state index >= 15 is 0 Å². The lowest BCUT2D eigenvalue weighted by atomic mass is 9.87. The second-order valence-electron chi connectivity index (χ2n) is 6.21. The zero-order valence-electron chi connectivity index (χ0n) is 12.9. The maximum Gasteiger partial charge on any atom is 0.241 e. The van der Waals surface area contributed by atoms with E-state index in [-0.39, 0.29) is 11.3 Å². The Balaban J connectivity index is 2.45. The third-order valence-electron chi connectivity index (χ3n) is 3.67. The summed E-state index contributed by atoms with van der Waals surface area (Å²) in [6.45, 7) is 5.32. The van der Waals surface area contributed by atoms with Crippen LogP contribution in [0.3, 0.4) is 0 Å². The maximum atomic E-state index is 12.4. The van der Waals surface area contributed by atoms with Crippen molar-refractivity contribution in [2.75, 3.05) is 44.9 Å². The fourth-order valence-electron chi connectivity index (χ4n) is 2.67. The van der Waals surface area contributed by atoms with E-state index in [1.807, 2.05) is 36.0 Å². The highest BCUT2D eigenvalue weighted by Gasteiger charge is 2.38. The van der Waals surface area contributed by atoms with E-state index < -0.39 is 0 Å². The molecule has 20 heavy (non-hydrogen) atoms. The molecule has 0 bridgehead atoms. The van der Waals surface area contributed by atoms with Crippen LogP contribution in [0, 0.1) is 0 Å². The molecule has 1 aromatic carbocycles. The first-order valence-electron chi connectivity index (χ1n) is 6.69. The Kier molecular flexibility index (Phi) is 3.65. The van der Waals surface area contributed by atoms with Gasteiger partial charge in [-0.25, -0.2) is 0 Å². The molecule has 5 nitrogen and oxygen atoms in total. The van der Waals surface area contributed by atoms with Gasteiger partial charge in [0.05, 0.1) is 19.3 Å². The van der Waals surface area contributed by atoms with Crippen LogP contribution in [0.1, 0.15) is 19.4 Å². The lowest BCUT2D eigenvalue weighted by molar-refractivity contribution is -0.119. The largest absolute Gasteiger partial charge is 0.495 e. The summed E-state index contributed by atoms with van der Waals surface area (Å²) in [7, 11) is 5.39. The van der Waals surface area contributed by atoms with Crippen molar-refractivity contribution in [3.63, 3.8) is 0 Å². The number of rotatable bonds is 3. The summed E-state index contributed by atoms with van der Waals surface area (Å²) in [6.07, 6.45) is 0. The Labute approximate surface area is 120 Å². The van der Waals surface area contributed by atoms with Crippen LogP contribution in [0.5, 0.6) is 5.75 Å². The molecule has 1 aliphatic heterocycles. The molecule has 2 N–H and O–H groups in total. The van der Waals surface area contributed by atoms with Crippen molar-refractivity contribution in [1.29, 1.82) is 0 Å². The van der Waals surface area contributed by atoms with Gasteiger partial charge >= 0.3 is 0 Å². The number of carbonyl (C=O) groups excluding carboxylic acids is 1. The number of likely N-dealkylation sites (N-methyl/N-ethyl adjacent to an activating group) is 1. The predicted octanol–water partition coefficient (Wildman–Crippen LogP) is 1.46. The fourth-order valence-corrected chi connectivity index (χ4v) is 2.67. The topological polar surface area (TPSA) is 58.8 Å². The molecular weight excluding hydrogens is 254 g/mol. The summed E-state index contributed by atoms with van der Waals surface area (Å²) in [5.41, 5.74) is 8.46. The van der Waals surface area contributed by atoms with E-state index in [1.54, 1.807) is 7.11 Å². The zero-order chi connectivity index (χ0) is 15.1. The van der Waals surface area contributed by atoms with Gasteiger partial charge in [0.15, 0.2) is 0 Å². The van der Waals surface area contributed by atoms with E-state index in [4.69, 9.17) is 10.5 Å². The van der Waals surface area contributed by atoms with E-state index in [9.17, 15) is 4.79 Å². The molecule has 1 aromatic rings. The maximum absolute atomic E-state index is 12.4. The normalized spacial score (nSPS) is 16.4. The number of fused-ring (bicyclic) bond motifs is 1. The molecule has 0 unspecified atom stereocenters. The molecule has 0 aromatic heterocycles. The minimum Gasteiger partial charge on any atom is -0.495 e. The predicted molar refractivity (Wildman–Crippen MR) is 81.3 cm³/mol. The summed E-state index contributed by atoms with van der Waals surface area (Å²) >= 11 is 0. The highest BCUT2D eigenvalue weighted by Crippen LogP contribution is 2.44. The molecule has 1 aliphatic rings. The monoisotopic (exact) mass is 277 g/mol. The Morgan fingerprint density at radius 2 is 2.10 bits per heavy atom. The van der Waals surface area contributed by atoms with Gasteiger partial charge < -0.3 is 20.3 Å². The quantitative estimate of drug-likeness (QED) is 0.850. The number of amides is 1. The number of hydrogen-bond acceptors (Lipinski definition) is 4. The molecule has 0 atom stereocenters. The Morgan fingerprint density at radius 3 is 2.65 bits per heavy atom. The minimum absolute atomic E-state index is 0.0893. The van der Waals surface area contributed by atoms with E-state index in [0.717, 1.165) is 11.3 Å². The minimum atomic E-state index is -0.0989. The van der Waals surface area contributed by atoms with Gasteiger partial charge in [0.25, 0.3) is 0 Å². The second kappa shape index (κ2) is 4.98. The van der Waals surface area contributed by atoms with Crippen molar-refractivity contribution in [1.82, 2.24) is 4.90 Å². The SMILES string of the molecule is COc1cc2c(cc1N)N(C(=O)CN(C)C)CC2(C)C. The number of hydrogen-bond donors (Lipinski definition) is 1. The van der Waals surface area contributed by atoms with Crippen molar-refractivity contribution < 1.29 is 9.53 Å². The zero-order valence-corrected chi connectivity index (χ0v) is 12.9. The van der Waals surface area contributed by atoms with Gasteiger partial charge in [-0.2, -0.15) is 0 Å². The molecule has 0 saturated carbocycles.